The van der Waals surface area contributed by atoms with Crippen LogP contribution in [0.3, 0.4) is 0 Å². The number of hydrogen-bond donors (Lipinski definition) is 0. The summed E-state index contributed by atoms with van der Waals surface area (Å²) in [5, 5.41) is 12.0. The first-order valence-corrected chi connectivity index (χ1v) is 10.5. The van der Waals surface area contributed by atoms with E-state index in [1.165, 1.54) is 18.2 Å². The van der Waals surface area contributed by atoms with E-state index in [0.29, 0.717) is 56.4 Å². The van der Waals surface area contributed by atoms with Crippen LogP contribution in [0.25, 0.3) is 0 Å². The molecule has 1 fully saturated rings. The van der Waals surface area contributed by atoms with Gasteiger partial charge in [0.25, 0.3) is 0 Å². The Labute approximate surface area is 188 Å². The van der Waals surface area contributed by atoms with Gasteiger partial charge in [-0.25, -0.2) is 9.07 Å². The largest absolute Gasteiger partial charge is 0.416 e. The molecule has 1 aliphatic rings. The summed E-state index contributed by atoms with van der Waals surface area (Å²) in [6, 6.07) is 11.2. The van der Waals surface area contributed by atoms with Crippen molar-refractivity contribution in [1.29, 1.82) is 0 Å². The minimum Gasteiger partial charge on any atom is -0.383 e. The molecule has 0 spiro atoms. The molecular formula is C22H24F4N6O. The van der Waals surface area contributed by atoms with Gasteiger partial charge in [0.05, 0.1) is 30.4 Å². The van der Waals surface area contributed by atoms with Crippen LogP contribution in [0.15, 0.2) is 48.5 Å². The summed E-state index contributed by atoms with van der Waals surface area (Å²) >= 11 is 0. The molecule has 7 nitrogen and oxygen atoms in total. The van der Waals surface area contributed by atoms with Crippen molar-refractivity contribution >= 4 is 5.69 Å². The number of anilines is 1. The summed E-state index contributed by atoms with van der Waals surface area (Å²) in [6.45, 7) is 3.01. The smallest absolute Gasteiger partial charge is 0.383 e. The molecule has 33 heavy (non-hydrogen) atoms. The van der Waals surface area contributed by atoms with Gasteiger partial charge in [-0.3, -0.25) is 4.90 Å². The second-order valence-corrected chi connectivity index (χ2v) is 7.75. The Balaban J connectivity index is 1.61. The first-order chi connectivity index (χ1) is 15.9. The molecule has 1 saturated heterocycles. The average Bonchev–Trinajstić information content (AvgIpc) is 3.26. The lowest BCUT2D eigenvalue weighted by molar-refractivity contribution is -0.137. The minimum absolute atomic E-state index is 0.284. The molecule has 0 aliphatic carbocycles. The minimum atomic E-state index is -4.42. The van der Waals surface area contributed by atoms with E-state index in [0.717, 1.165) is 12.1 Å². The Morgan fingerprint density at radius 1 is 1.00 bits per heavy atom. The second kappa shape index (κ2) is 9.84. The van der Waals surface area contributed by atoms with Gasteiger partial charge in [0.15, 0.2) is 5.82 Å². The van der Waals surface area contributed by atoms with E-state index >= 15 is 0 Å². The Bertz CT molecular complexity index is 1050. The molecule has 0 radical (unpaired) electrons. The van der Waals surface area contributed by atoms with Crippen molar-refractivity contribution in [3.05, 3.63) is 71.3 Å². The number of piperazine rings is 1. The van der Waals surface area contributed by atoms with Crippen LogP contribution < -0.4 is 4.90 Å². The Kier molecular flexibility index (Phi) is 6.89. The molecule has 2 aromatic carbocycles. The molecular weight excluding hydrogens is 440 g/mol. The first-order valence-electron chi connectivity index (χ1n) is 10.5. The summed E-state index contributed by atoms with van der Waals surface area (Å²) in [7, 11) is 1.57. The molecule has 1 aromatic heterocycles. The fourth-order valence-corrected chi connectivity index (χ4v) is 4.05. The van der Waals surface area contributed by atoms with Crippen LogP contribution in [0.4, 0.5) is 23.2 Å². The van der Waals surface area contributed by atoms with E-state index in [4.69, 9.17) is 4.74 Å². The number of tetrazole rings is 1. The number of nitrogens with zero attached hydrogens (tertiary/aromatic N) is 6. The summed E-state index contributed by atoms with van der Waals surface area (Å²) in [4.78, 5) is 4.07. The van der Waals surface area contributed by atoms with Crippen LogP contribution in [0.1, 0.15) is 23.0 Å². The zero-order chi connectivity index (χ0) is 23.4. The van der Waals surface area contributed by atoms with Crippen molar-refractivity contribution in [1.82, 2.24) is 25.1 Å². The van der Waals surface area contributed by atoms with Crippen molar-refractivity contribution in [3.8, 4) is 0 Å². The monoisotopic (exact) mass is 464 g/mol. The van der Waals surface area contributed by atoms with Crippen LogP contribution >= 0.6 is 0 Å². The van der Waals surface area contributed by atoms with E-state index in [2.05, 4.69) is 20.4 Å². The lowest BCUT2D eigenvalue weighted by Gasteiger charge is -2.40. The van der Waals surface area contributed by atoms with Gasteiger partial charge in [-0.2, -0.15) is 13.2 Å². The maximum atomic E-state index is 14.2. The molecule has 0 N–H and O–H groups in total. The molecule has 1 atom stereocenters. The number of alkyl halides is 3. The molecule has 1 aliphatic heterocycles. The highest BCUT2D eigenvalue weighted by atomic mass is 19.4. The van der Waals surface area contributed by atoms with Gasteiger partial charge in [-0.15, -0.1) is 5.10 Å². The fourth-order valence-electron chi connectivity index (χ4n) is 4.05. The average molecular weight is 464 g/mol. The molecule has 176 valence electrons. The van der Waals surface area contributed by atoms with Crippen LogP contribution in [0.2, 0.25) is 0 Å². The lowest BCUT2D eigenvalue weighted by Crippen LogP contribution is -2.48. The standard InChI is InChI=1S/C22H24F4N6O/c1-33-15-14-32-21(27-28-29-32)20(16-6-8-17(9-7-16)22(24,25)26)31-12-10-30(11-13-31)19-5-3-2-4-18(19)23/h2-9,20H,10-15H2,1H3/t20-/m0/s1. The van der Waals surface area contributed by atoms with Gasteiger partial charge in [0, 0.05) is 33.3 Å². The van der Waals surface area contributed by atoms with Crippen LogP contribution in [-0.2, 0) is 17.5 Å². The summed E-state index contributed by atoms with van der Waals surface area (Å²) in [5.74, 6) is 0.236. The molecule has 2 heterocycles. The number of methoxy groups -OCH3 is 1. The van der Waals surface area contributed by atoms with E-state index in [-0.39, 0.29) is 5.82 Å². The van der Waals surface area contributed by atoms with Gasteiger partial charge in [-0.05, 0) is 40.3 Å². The summed E-state index contributed by atoms with van der Waals surface area (Å²) in [5.41, 5.74) is 0.470. The predicted octanol–water partition coefficient (Wildman–Crippen LogP) is 3.39. The molecule has 0 unspecified atom stereocenters. The molecule has 3 aromatic rings. The number of ether oxygens (including phenoxy) is 1. The number of rotatable bonds is 7. The highest BCUT2D eigenvalue weighted by molar-refractivity contribution is 5.48. The van der Waals surface area contributed by atoms with Gasteiger partial charge < -0.3 is 9.64 Å². The zero-order valence-electron chi connectivity index (χ0n) is 18.0. The number of hydrogen-bond acceptors (Lipinski definition) is 6. The van der Waals surface area contributed by atoms with E-state index in [9.17, 15) is 17.6 Å². The Morgan fingerprint density at radius 3 is 2.33 bits per heavy atom. The fraction of sp³-hybridized carbons (Fsp3) is 0.409. The third-order valence-corrected chi connectivity index (χ3v) is 5.74. The van der Waals surface area contributed by atoms with Crippen molar-refractivity contribution in [2.24, 2.45) is 0 Å². The third-order valence-electron chi connectivity index (χ3n) is 5.74. The maximum Gasteiger partial charge on any atom is 0.416 e. The molecule has 0 saturated carbocycles. The Hall–Kier alpha value is -3.05. The molecule has 11 heteroatoms. The van der Waals surface area contributed by atoms with Gasteiger partial charge in [-0.1, -0.05) is 24.3 Å². The van der Waals surface area contributed by atoms with E-state index < -0.39 is 17.8 Å². The van der Waals surface area contributed by atoms with E-state index in [1.807, 2.05) is 4.90 Å². The van der Waals surface area contributed by atoms with Crippen molar-refractivity contribution < 1.29 is 22.3 Å². The number of halogens is 4. The quantitative estimate of drug-likeness (QED) is 0.500. The van der Waals surface area contributed by atoms with E-state index in [1.54, 1.807) is 30.0 Å². The summed E-state index contributed by atoms with van der Waals surface area (Å²) < 4.78 is 60.2. The zero-order valence-corrected chi connectivity index (χ0v) is 18.0. The molecule has 4 rings (SSSR count). The highest BCUT2D eigenvalue weighted by Gasteiger charge is 2.33. The van der Waals surface area contributed by atoms with Gasteiger partial charge in [0.1, 0.15) is 5.82 Å². The summed E-state index contributed by atoms with van der Waals surface area (Å²) in [6.07, 6.45) is -4.42. The first kappa shape index (κ1) is 23.1. The number of aromatic nitrogens is 4. The molecule has 0 amide bonds. The lowest BCUT2D eigenvalue weighted by atomic mass is 10.0. The Morgan fingerprint density at radius 2 is 1.70 bits per heavy atom. The normalized spacial score (nSPS) is 16.2. The number of para-hydroxylation sites is 1. The van der Waals surface area contributed by atoms with Crippen LogP contribution in [-0.4, -0.2) is 65.0 Å². The van der Waals surface area contributed by atoms with Crippen molar-refractivity contribution in [2.75, 3.05) is 44.8 Å². The van der Waals surface area contributed by atoms with Gasteiger partial charge in [0.2, 0.25) is 0 Å². The molecule has 0 bridgehead atoms. The maximum absolute atomic E-state index is 14.2. The van der Waals surface area contributed by atoms with Crippen molar-refractivity contribution in [2.45, 2.75) is 18.8 Å². The van der Waals surface area contributed by atoms with Crippen molar-refractivity contribution in [3.63, 3.8) is 0 Å². The van der Waals surface area contributed by atoms with Gasteiger partial charge >= 0.3 is 6.18 Å². The van der Waals surface area contributed by atoms with Crippen LogP contribution in [0, 0.1) is 5.82 Å². The number of benzene rings is 2. The SMILES string of the molecule is COCCn1nnnc1[C@H](c1ccc(C(F)(F)F)cc1)N1CCN(c2ccccc2F)CC1. The highest BCUT2D eigenvalue weighted by Crippen LogP contribution is 2.33. The predicted molar refractivity (Wildman–Crippen MR) is 113 cm³/mol. The second-order valence-electron chi connectivity index (χ2n) is 7.75. The topological polar surface area (TPSA) is 59.3 Å². The third kappa shape index (κ3) is 5.14. The van der Waals surface area contributed by atoms with Crippen LogP contribution in [0.5, 0.6) is 0 Å².